The minimum absolute atomic E-state index is 0.0225. The molecule has 0 heterocycles. The molecule has 0 unspecified atom stereocenters. The molecule has 0 bridgehead atoms. The summed E-state index contributed by atoms with van der Waals surface area (Å²) in [5.74, 6) is 0.845. The summed E-state index contributed by atoms with van der Waals surface area (Å²) in [6, 6.07) is 7.81. The van der Waals surface area contributed by atoms with Gasteiger partial charge in [-0.1, -0.05) is 0 Å². The first-order valence-electron chi connectivity index (χ1n) is 6.84. The predicted octanol–water partition coefficient (Wildman–Crippen LogP) is 2.12. The van der Waals surface area contributed by atoms with E-state index in [1.807, 2.05) is 24.3 Å². The Morgan fingerprint density at radius 2 is 1.70 bits per heavy atom. The molecule has 0 spiro atoms. The summed E-state index contributed by atoms with van der Waals surface area (Å²) in [6.45, 7) is 6.49. The number of Topliss-reactive ketones (excluding diaryl/α,β-unsaturated/α-hetero) is 1. The van der Waals surface area contributed by atoms with E-state index >= 15 is 0 Å². The van der Waals surface area contributed by atoms with Crippen molar-refractivity contribution < 1.29 is 19.0 Å². The van der Waals surface area contributed by atoms with Crippen molar-refractivity contribution in [3.8, 4) is 5.75 Å². The van der Waals surface area contributed by atoms with Crippen LogP contribution in [0, 0.1) is 0 Å². The second-order valence-corrected chi connectivity index (χ2v) is 4.27. The third-order valence-corrected chi connectivity index (χ3v) is 2.41. The van der Waals surface area contributed by atoms with Gasteiger partial charge in [0, 0.05) is 12.2 Å². The van der Waals surface area contributed by atoms with Gasteiger partial charge >= 0.3 is 0 Å². The molecule has 0 aromatic heterocycles. The number of nitrogens with one attached hydrogen (secondary N) is 1. The maximum absolute atomic E-state index is 10.6. The van der Waals surface area contributed by atoms with Crippen LogP contribution in [-0.4, -0.2) is 45.4 Å². The molecule has 0 aliphatic rings. The number of ketones is 1. The van der Waals surface area contributed by atoms with Crippen molar-refractivity contribution in [3.05, 3.63) is 24.3 Å². The maximum atomic E-state index is 10.6. The number of rotatable bonds is 11. The van der Waals surface area contributed by atoms with Gasteiger partial charge in [-0.25, -0.2) is 0 Å². The van der Waals surface area contributed by atoms with Crippen LogP contribution in [0.4, 0.5) is 5.69 Å². The lowest BCUT2D eigenvalue weighted by Crippen LogP contribution is -2.13. The molecule has 1 rings (SSSR count). The lowest BCUT2D eigenvalue weighted by molar-refractivity contribution is -0.122. The lowest BCUT2D eigenvalue weighted by atomic mass is 10.3. The zero-order valence-electron chi connectivity index (χ0n) is 12.2. The first kappa shape index (κ1) is 16.5. The van der Waals surface area contributed by atoms with Gasteiger partial charge in [-0.3, -0.25) is 4.79 Å². The number of ether oxygens (including phenoxy) is 3. The van der Waals surface area contributed by atoms with Crippen LogP contribution in [0.3, 0.4) is 0 Å². The van der Waals surface area contributed by atoms with E-state index in [9.17, 15) is 4.79 Å². The van der Waals surface area contributed by atoms with Crippen LogP contribution in [0.2, 0.25) is 0 Å². The van der Waals surface area contributed by atoms with Gasteiger partial charge < -0.3 is 19.5 Å². The number of anilines is 1. The normalized spacial score (nSPS) is 10.3. The molecule has 1 aromatic carbocycles. The Hall–Kier alpha value is -1.59. The predicted molar refractivity (Wildman–Crippen MR) is 78.4 cm³/mol. The first-order valence-corrected chi connectivity index (χ1v) is 6.84. The number of carbonyl (C=O) groups is 1. The summed E-state index contributed by atoms with van der Waals surface area (Å²) in [6.07, 6.45) is 0. The smallest absolute Gasteiger partial charge is 0.155 e. The molecule has 0 aliphatic carbocycles. The minimum atomic E-state index is 0.0225. The molecule has 0 atom stereocenters. The molecule has 5 heteroatoms. The molecule has 1 aromatic rings. The van der Waals surface area contributed by atoms with Gasteiger partial charge in [-0.2, -0.15) is 0 Å². The largest absolute Gasteiger partial charge is 0.491 e. The standard InChI is InChI=1S/C15H23NO4/c1-3-16-14-4-6-15(7-5-14)20-11-10-18-8-9-19-12-13(2)17/h4-7,16H,3,8-12H2,1-2H3. The Morgan fingerprint density at radius 3 is 2.35 bits per heavy atom. The van der Waals surface area contributed by atoms with E-state index in [-0.39, 0.29) is 12.4 Å². The highest BCUT2D eigenvalue weighted by atomic mass is 16.5. The van der Waals surface area contributed by atoms with Crippen molar-refractivity contribution in [2.75, 3.05) is 44.9 Å². The van der Waals surface area contributed by atoms with Gasteiger partial charge in [0.25, 0.3) is 0 Å². The zero-order valence-corrected chi connectivity index (χ0v) is 12.2. The van der Waals surface area contributed by atoms with Crippen molar-refractivity contribution in [2.24, 2.45) is 0 Å². The molecule has 0 saturated carbocycles. The van der Waals surface area contributed by atoms with E-state index in [0.29, 0.717) is 26.4 Å². The van der Waals surface area contributed by atoms with E-state index in [4.69, 9.17) is 14.2 Å². The van der Waals surface area contributed by atoms with E-state index in [1.54, 1.807) is 0 Å². The van der Waals surface area contributed by atoms with Crippen LogP contribution in [0.5, 0.6) is 5.75 Å². The second kappa shape index (κ2) is 10.2. The first-order chi connectivity index (χ1) is 9.72. The average molecular weight is 281 g/mol. The Balaban J connectivity index is 2.02. The minimum Gasteiger partial charge on any atom is -0.491 e. The third-order valence-electron chi connectivity index (χ3n) is 2.41. The van der Waals surface area contributed by atoms with Crippen LogP contribution >= 0.6 is 0 Å². The summed E-state index contributed by atoms with van der Waals surface area (Å²) in [5.41, 5.74) is 1.08. The van der Waals surface area contributed by atoms with Crippen LogP contribution < -0.4 is 10.1 Å². The highest BCUT2D eigenvalue weighted by molar-refractivity contribution is 5.76. The highest BCUT2D eigenvalue weighted by Gasteiger charge is 1.96. The van der Waals surface area contributed by atoms with Gasteiger partial charge in [0.1, 0.15) is 19.0 Å². The maximum Gasteiger partial charge on any atom is 0.155 e. The van der Waals surface area contributed by atoms with Gasteiger partial charge in [0.2, 0.25) is 0 Å². The molecule has 0 saturated heterocycles. The summed E-state index contributed by atoms with van der Waals surface area (Å²) < 4.78 is 15.9. The fourth-order valence-corrected chi connectivity index (χ4v) is 1.53. The quantitative estimate of drug-likeness (QED) is 0.630. The molecule has 1 N–H and O–H groups in total. The number of hydrogen-bond acceptors (Lipinski definition) is 5. The van der Waals surface area contributed by atoms with Crippen LogP contribution in [0.1, 0.15) is 13.8 Å². The molecule has 0 fully saturated rings. The Labute approximate surface area is 120 Å². The highest BCUT2D eigenvalue weighted by Crippen LogP contribution is 2.15. The number of carbonyl (C=O) groups excluding carboxylic acids is 1. The zero-order chi connectivity index (χ0) is 14.6. The van der Waals surface area contributed by atoms with Crippen LogP contribution in [0.25, 0.3) is 0 Å². The van der Waals surface area contributed by atoms with Gasteiger partial charge in [-0.05, 0) is 38.1 Å². The molecular formula is C15H23NO4. The molecule has 0 amide bonds. The summed E-state index contributed by atoms with van der Waals surface area (Å²) >= 11 is 0. The molecular weight excluding hydrogens is 258 g/mol. The number of benzene rings is 1. The molecule has 112 valence electrons. The van der Waals surface area contributed by atoms with Crippen molar-refractivity contribution in [1.29, 1.82) is 0 Å². The fourth-order valence-electron chi connectivity index (χ4n) is 1.53. The third kappa shape index (κ3) is 7.76. The van der Waals surface area contributed by atoms with Crippen LogP contribution in [0.15, 0.2) is 24.3 Å². The van der Waals surface area contributed by atoms with E-state index < -0.39 is 0 Å². The lowest BCUT2D eigenvalue weighted by Gasteiger charge is -2.08. The Bertz CT molecular complexity index is 378. The van der Waals surface area contributed by atoms with Crippen molar-refractivity contribution >= 4 is 11.5 Å². The monoisotopic (exact) mass is 281 g/mol. The molecule has 0 radical (unpaired) electrons. The fraction of sp³-hybridized carbons (Fsp3) is 0.533. The average Bonchev–Trinajstić information content (AvgIpc) is 2.43. The Morgan fingerprint density at radius 1 is 1.05 bits per heavy atom. The van der Waals surface area contributed by atoms with Crippen molar-refractivity contribution in [2.45, 2.75) is 13.8 Å². The van der Waals surface area contributed by atoms with E-state index in [1.165, 1.54) is 6.92 Å². The molecule has 0 aliphatic heterocycles. The van der Waals surface area contributed by atoms with Crippen LogP contribution in [-0.2, 0) is 14.3 Å². The summed E-state index contributed by atoms with van der Waals surface area (Å²) in [5, 5.41) is 3.22. The Kier molecular flexibility index (Phi) is 8.42. The van der Waals surface area contributed by atoms with Gasteiger partial charge in [0.05, 0.1) is 19.8 Å². The molecule has 5 nitrogen and oxygen atoms in total. The summed E-state index contributed by atoms with van der Waals surface area (Å²) in [7, 11) is 0. The van der Waals surface area contributed by atoms with Gasteiger partial charge in [-0.15, -0.1) is 0 Å². The number of hydrogen-bond donors (Lipinski definition) is 1. The molecule has 20 heavy (non-hydrogen) atoms. The second-order valence-electron chi connectivity index (χ2n) is 4.27. The van der Waals surface area contributed by atoms with Gasteiger partial charge in [0.15, 0.2) is 5.78 Å². The SMILES string of the molecule is CCNc1ccc(OCCOCCOCC(C)=O)cc1. The summed E-state index contributed by atoms with van der Waals surface area (Å²) in [4.78, 5) is 10.6. The van der Waals surface area contributed by atoms with Crippen molar-refractivity contribution in [3.63, 3.8) is 0 Å². The topological polar surface area (TPSA) is 56.8 Å². The van der Waals surface area contributed by atoms with E-state index in [0.717, 1.165) is 18.0 Å². The van der Waals surface area contributed by atoms with E-state index in [2.05, 4.69) is 12.2 Å². The van der Waals surface area contributed by atoms with Crippen molar-refractivity contribution in [1.82, 2.24) is 0 Å².